The van der Waals surface area contributed by atoms with Crippen molar-refractivity contribution in [1.29, 1.82) is 0 Å². The van der Waals surface area contributed by atoms with E-state index in [0.717, 1.165) is 55.1 Å². The van der Waals surface area contributed by atoms with Crippen molar-refractivity contribution < 1.29 is 45.7 Å². The van der Waals surface area contributed by atoms with Gasteiger partial charge in [-0.15, -0.1) is 24.8 Å². The summed E-state index contributed by atoms with van der Waals surface area (Å²) in [6.45, 7) is 3.49. The van der Waals surface area contributed by atoms with Crippen LogP contribution in [-0.2, 0) is 30.1 Å². The molecule has 246 valence electrons. The van der Waals surface area contributed by atoms with Crippen LogP contribution >= 0.6 is 24.8 Å². The molecular formula is C31H32Cl2F6N2O4. The second-order valence-corrected chi connectivity index (χ2v) is 10.9. The standard InChI is InChI=1S/C31H30F6N2O4.2ClH/c32-30(33,34)21-5-1-20(2-6-21)16-39-17-25-26(18-39)28(25)38-13-14-42-23-9-3-19(4-10-23)15-27(29(40)41)43-24-11-7-22(8-12-24)31(35,36)37;;/h1-12,25-28,38H,13-18H2,(H,40,41);2*1H/t25-,26-,27+;;/m1../s1. The Morgan fingerprint density at radius 1 is 0.800 bits per heavy atom. The number of benzene rings is 3. The number of carboxylic acids is 1. The van der Waals surface area contributed by atoms with E-state index < -0.39 is 35.6 Å². The summed E-state index contributed by atoms with van der Waals surface area (Å²) in [5.41, 5.74) is 0.0398. The number of aliphatic carboxylic acids is 1. The number of rotatable bonds is 12. The number of piperidine rings is 1. The highest BCUT2D eigenvalue weighted by atomic mass is 35.5. The minimum Gasteiger partial charge on any atom is -0.492 e. The molecule has 0 bridgehead atoms. The van der Waals surface area contributed by atoms with Crippen LogP contribution in [0.25, 0.3) is 0 Å². The predicted octanol–water partition coefficient (Wildman–Crippen LogP) is 6.74. The fraction of sp³-hybridized carbons (Fsp3) is 0.387. The maximum absolute atomic E-state index is 12.8. The van der Waals surface area contributed by atoms with Gasteiger partial charge in [0.15, 0.2) is 6.10 Å². The normalized spacial score (nSPS) is 19.9. The van der Waals surface area contributed by atoms with Crippen molar-refractivity contribution in [3.63, 3.8) is 0 Å². The Hall–Kier alpha value is -3.19. The van der Waals surface area contributed by atoms with E-state index in [1.165, 1.54) is 12.1 Å². The lowest BCUT2D eigenvalue weighted by Crippen LogP contribution is -2.33. The molecule has 3 aromatic carbocycles. The number of fused-ring (bicyclic) bond motifs is 1. The lowest BCUT2D eigenvalue weighted by molar-refractivity contribution is -0.145. The number of carboxylic acid groups (broad SMARTS) is 1. The fourth-order valence-electron chi connectivity index (χ4n) is 5.50. The molecule has 0 spiro atoms. The first-order chi connectivity index (χ1) is 20.4. The Morgan fingerprint density at radius 2 is 1.29 bits per heavy atom. The third kappa shape index (κ3) is 9.65. The van der Waals surface area contributed by atoms with Crippen LogP contribution in [0, 0.1) is 11.8 Å². The first-order valence-corrected chi connectivity index (χ1v) is 13.8. The van der Waals surface area contributed by atoms with Gasteiger partial charge in [0, 0.05) is 38.6 Å². The quantitative estimate of drug-likeness (QED) is 0.163. The van der Waals surface area contributed by atoms with Gasteiger partial charge in [-0.2, -0.15) is 26.3 Å². The lowest BCUT2D eigenvalue weighted by Gasteiger charge is -2.20. The van der Waals surface area contributed by atoms with Crippen molar-refractivity contribution in [2.75, 3.05) is 26.2 Å². The molecule has 1 saturated carbocycles. The molecule has 3 aromatic rings. The summed E-state index contributed by atoms with van der Waals surface area (Å²) in [4.78, 5) is 13.9. The Balaban J connectivity index is 0.00000276. The van der Waals surface area contributed by atoms with Crippen LogP contribution in [0.2, 0.25) is 0 Å². The van der Waals surface area contributed by atoms with Gasteiger partial charge in [0.25, 0.3) is 0 Å². The van der Waals surface area contributed by atoms with Crippen molar-refractivity contribution in [2.45, 2.75) is 37.5 Å². The molecule has 14 heteroatoms. The summed E-state index contributed by atoms with van der Waals surface area (Å²) >= 11 is 0. The number of nitrogens with one attached hydrogen (secondary N) is 1. The number of nitrogens with zero attached hydrogens (tertiary/aromatic N) is 1. The van der Waals surface area contributed by atoms with E-state index in [1.54, 1.807) is 24.3 Å². The van der Waals surface area contributed by atoms with E-state index in [4.69, 9.17) is 9.47 Å². The van der Waals surface area contributed by atoms with E-state index in [0.29, 0.717) is 48.9 Å². The zero-order valence-corrected chi connectivity index (χ0v) is 25.3. The average molecular weight is 682 g/mol. The van der Waals surface area contributed by atoms with E-state index in [1.807, 2.05) is 0 Å². The van der Waals surface area contributed by atoms with E-state index >= 15 is 0 Å². The van der Waals surface area contributed by atoms with Gasteiger partial charge in [-0.3, -0.25) is 4.90 Å². The molecule has 0 unspecified atom stereocenters. The first-order valence-electron chi connectivity index (χ1n) is 13.8. The average Bonchev–Trinajstić information content (AvgIpc) is 3.40. The van der Waals surface area contributed by atoms with Gasteiger partial charge in [0.2, 0.25) is 0 Å². The zero-order chi connectivity index (χ0) is 30.8. The first kappa shape index (κ1) is 36.3. The smallest absolute Gasteiger partial charge is 0.416 e. The van der Waals surface area contributed by atoms with Gasteiger partial charge in [-0.05, 0) is 71.5 Å². The van der Waals surface area contributed by atoms with E-state index in [2.05, 4.69) is 10.2 Å². The Morgan fingerprint density at radius 3 is 1.80 bits per heavy atom. The third-order valence-corrected chi connectivity index (χ3v) is 7.79. The number of halogens is 8. The zero-order valence-electron chi connectivity index (χ0n) is 23.7. The van der Waals surface area contributed by atoms with Gasteiger partial charge in [-0.25, -0.2) is 4.79 Å². The molecule has 0 aromatic heterocycles. The maximum atomic E-state index is 12.8. The Kier molecular flexibility index (Phi) is 12.0. The van der Waals surface area contributed by atoms with Crippen LogP contribution in [0.1, 0.15) is 22.3 Å². The topological polar surface area (TPSA) is 71.0 Å². The number of carbonyl (C=O) groups is 1. The van der Waals surface area contributed by atoms with Crippen molar-refractivity contribution >= 4 is 30.8 Å². The van der Waals surface area contributed by atoms with Crippen LogP contribution in [0.3, 0.4) is 0 Å². The largest absolute Gasteiger partial charge is 0.492 e. The van der Waals surface area contributed by atoms with Crippen molar-refractivity contribution in [3.8, 4) is 11.5 Å². The van der Waals surface area contributed by atoms with E-state index in [9.17, 15) is 36.2 Å². The maximum Gasteiger partial charge on any atom is 0.416 e. The van der Waals surface area contributed by atoms with Crippen molar-refractivity contribution in [3.05, 3.63) is 95.1 Å². The molecule has 6 nitrogen and oxygen atoms in total. The molecule has 1 heterocycles. The highest BCUT2D eigenvalue weighted by Crippen LogP contribution is 2.45. The van der Waals surface area contributed by atoms with Crippen molar-refractivity contribution in [1.82, 2.24) is 10.2 Å². The number of likely N-dealkylation sites (tertiary alicyclic amines) is 1. The number of hydrogen-bond acceptors (Lipinski definition) is 5. The molecule has 1 aliphatic carbocycles. The third-order valence-electron chi connectivity index (χ3n) is 7.79. The number of alkyl halides is 6. The Bertz CT molecular complexity index is 1380. The van der Waals surface area contributed by atoms with Gasteiger partial charge >= 0.3 is 18.3 Å². The van der Waals surface area contributed by atoms with E-state index in [-0.39, 0.29) is 37.0 Å². The van der Waals surface area contributed by atoms with Crippen LogP contribution < -0.4 is 14.8 Å². The summed E-state index contributed by atoms with van der Waals surface area (Å²) in [6, 6.07) is 16.4. The summed E-state index contributed by atoms with van der Waals surface area (Å²) in [5.74, 6) is 0.430. The second kappa shape index (κ2) is 14.9. The van der Waals surface area contributed by atoms with Gasteiger partial charge < -0.3 is 19.9 Å². The van der Waals surface area contributed by atoms with Gasteiger partial charge in [-0.1, -0.05) is 24.3 Å². The summed E-state index contributed by atoms with van der Waals surface area (Å²) in [5, 5.41) is 13.0. The summed E-state index contributed by atoms with van der Waals surface area (Å²) in [7, 11) is 0. The molecule has 0 radical (unpaired) electrons. The number of hydrogen-bond donors (Lipinski definition) is 2. The molecule has 2 N–H and O–H groups in total. The van der Waals surface area contributed by atoms with Crippen LogP contribution in [-0.4, -0.2) is 54.4 Å². The molecule has 0 amide bonds. The highest BCUT2D eigenvalue weighted by molar-refractivity contribution is 5.85. The van der Waals surface area contributed by atoms with Crippen molar-refractivity contribution in [2.24, 2.45) is 11.8 Å². The van der Waals surface area contributed by atoms with Crippen LogP contribution in [0.15, 0.2) is 72.8 Å². The predicted molar refractivity (Wildman–Crippen MR) is 159 cm³/mol. The lowest BCUT2D eigenvalue weighted by atomic mass is 10.1. The SMILES string of the molecule is Cl.Cl.O=C(O)[C@H](Cc1ccc(OCCNC2[C@@H]3CN(Cc4ccc(C(F)(F)F)cc4)C[C@@H]23)cc1)Oc1ccc(C(F)(F)F)cc1. The molecule has 3 atom stereocenters. The fourth-order valence-corrected chi connectivity index (χ4v) is 5.50. The number of ether oxygens (including phenoxy) is 2. The van der Waals surface area contributed by atoms with Crippen LogP contribution in [0.4, 0.5) is 26.3 Å². The molecule has 1 aliphatic heterocycles. The Labute approximate surface area is 268 Å². The molecule has 2 aliphatic rings. The molecule has 2 fully saturated rings. The van der Waals surface area contributed by atoms with Crippen LogP contribution in [0.5, 0.6) is 11.5 Å². The molecular weight excluding hydrogens is 649 g/mol. The molecule has 45 heavy (non-hydrogen) atoms. The molecule has 1 saturated heterocycles. The minimum atomic E-state index is -4.49. The molecule has 5 rings (SSSR count). The summed E-state index contributed by atoms with van der Waals surface area (Å²) < 4.78 is 87.7. The minimum absolute atomic E-state index is 0. The highest BCUT2D eigenvalue weighted by Gasteiger charge is 2.55. The second-order valence-electron chi connectivity index (χ2n) is 10.9. The van der Waals surface area contributed by atoms with Gasteiger partial charge in [0.1, 0.15) is 18.1 Å². The monoisotopic (exact) mass is 680 g/mol. The summed E-state index contributed by atoms with van der Waals surface area (Å²) in [6.07, 6.45) is -10.1. The van der Waals surface area contributed by atoms with Gasteiger partial charge in [0.05, 0.1) is 11.1 Å².